The van der Waals surface area contributed by atoms with Crippen LogP contribution in [0.15, 0.2) is 48.5 Å². The van der Waals surface area contributed by atoms with Crippen LogP contribution < -0.4 is 5.32 Å². The molecule has 0 spiro atoms. The lowest BCUT2D eigenvalue weighted by molar-refractivity contribution is -0.266. The molecule has 0 aromatic heterocycles. The average molecular weight is 371 g/mol. The third kappa shape index (κ3) is 3.67. The molecule has 2 aromatic carbocycles. The van der Waals surface area contributed by atoms with Crippen LogP contribution in [0.3, 0.4) is 0 Å². The summed E-state index contributed by atoms with van der Waals surface area (Å²) in [7, 11) is 0.715. The van der Waals surface area contributed by atoms with Gasteiger partial charge < -0.3 is 15.2 Å². The smallest absolute Gasteiger partial charge is 0.432 e. The summed E-state index contributed by atoms with van der Waals surface area (Å²) in [6.07, 6.45) is -5.31. The summed E-state index contributed by atoms with van der Waals surface area (Å²) in [5, 5.41) is 12.2. The fraction of sp³-hybridized carbons (Fsp3) is 0.176. The zero-order chi connectivity index (χ0) is 19.5. The van der Waals surface area contributed by atoms with Gasteiger partial charge in [-0.15, -0.1) is 0 Å². The van der Waals surface area contributed by atoms with Gasteiger partial charge in [0, 0.05) is 16.8 Å². The first-order valence-corrected chi connectivity index (χ1v) is 7.14. The summed E-state index contributed by atoms with van der Waals surface area (Å²) in [4.78, 5) is 23.4. The number of alkyl halides is 3. The molecular formula is C17H13F4NO4. The van der Waals surface area contributed by atoms with Crippen molar-refractivity contribution in [1.29, 1.82) is 0 Å². The first-order valence-electron chi connectivity index (χ1n) is 7.14. The van der Waals surface area contributed by atoms with Crippen molar-refractivity contribution < 1.29 is 37.0 Å². The minimum atomic E-state index is -5.31. The Morgan fingerprint density at radius 3 is 2.19 bits per heavy atom. The van der Waals surface area contributed by atoms with Gasteiger partial charge in [-0.3, -0.25) is 4.79 Å². The quantitative estimate of drug-likeness (QED) is 0.640. The molecule has 0 heterocycles. The lowest BCUT2D eigenvalue weighted by Gasteiger charge is -2.28. The second-order valence-electron chi connectivity index (χ2n) is 5.24. The van der Waals surface area contributed by atoms with Gasteiger partial charge in [0.2, 0.25) is 0 Å². The van der Waals surface area contributed by atoms with Gasteiger partial charge in [0.15, 0.2) is 0 Å². The molecule has 138 valence electrons. The Morgan fingerprint density at radius 2 is 1.69 bits per heavy atom. The number of hydrogen-bond donors (Lipinski definition) is 2. The third-order valence-electron chi connectivity index (χ3n) is 3.54. The predicted octanol–water partition coefficient (Wildman–Crippen LogP) is 3.00. The average Bonchev–Trinajstić information content (AvgIpc) is 2.60. The van der Waals surface area contributed by atoms with Gasteiger partial charge in [0.25, 0.3) is 11.5 Å². The molecule has 1 amide bonds. The lowest BCUT2D eigenvalue weighted by Crippen LogP contribution is -2.49. The summed E-state index contributed by atoms with van der Waals surface area (Å²) < 4.78 is 56.6. The number of aliphatic hydroxyl groups is 1. The second kappa shape index (κ2) is 7.12. The molecule has 0 fully saturated rings. The van der Waals surface area contributed by atoms with Crippen LogP contribution in [-0.4, -0.2) is 30.3 Å². The normalized spacial score (nSPS) is 13.6. The minimum absolute atomic E-state index is 0.00966. The van der Waals surface area contributed by atoms with Crippen molar-refractivity contribution in [2.75, 3.05) is 12.4 Å². The van der Waals surface area contributed by atoms with E-state index in [1.54, 1.807) is 0 Å². The number of carbonyl (C=O) groups is 2. The minimum Gasteiger partial charge on any atom is -0.466 e. The molecule has 5 nitrogen and oxygen atoms in total. The molecule has 0 saturated heterocycles. The second-order valence-corrected chi connectivity index (χ2v) is 5.24. The summed E-state index contributed by atoms with van der Waals surface area (Å²) in [5.41, 5.74) is -4.53. The molecule has 0 aliphatic rings. The maximum atomic E-state index is 13.1. The van der Waals surface area contributed by atoms with Gasteiger partial charge in [-0.1, -0.05) is 18.2 Å². The zero-order valence-corrected chi connectivity index (χ0v) is 13.3. The molecule has 0 saturated carbocycles. The largest absolute Gasteiger partial charge is 0.466 e. The van der Waals surface area contributed by atoms with E-state index in [-0.39, 0.29) is 11.3 Å². The third-order valence-corrected chi connectivity index (χ3v) is 3.54. The van der Waals surface area contributed by atoms with E-state index >= 15 is 0 Å². The number of carbonyl (C=O) groups excluding carboxylic acids is 2. The first kappa shape index (κ1) is 19.4. The Morgan fingerprint density at radius 1 is 1.08 bits per heavy atom. The van der Waals surface area contributed by atoms with E-state index in [0.717, 1.165) is 36.4 Å². The van der Waals surface area contributed by atoms with Crippen molar-refractivity contribution in [2.24, 2.45) is 0 Å². The van der Waals surface area contributed by atoms with Crippen molar-refractivity contribution in [2.45, 2.75) is 11.8 Å². The summed E-state index contributed by atoms with van der Waals surface area (Å²) in [6.45, 7) is 0. The number of anilines is 1. The van der Waals surface area contributed by atoms with Gasteiger partial charge in [0.05, 0.1) is 7.11 Å². The van der Waals surface area contributed by atoms with Crippen molar-refractivity contribution in [3.05, 3.63) is 65.5 Å². The fourth-order valence-corrected chi connectivity index (χ4v) is 2.17. The van der Waals surface area contributed by atoms with Crippen LogP contribution in [0.25, 0.3) is 0 Å². The molecule has 1 atom stereocenters. The van der Waals surface area contributed by atoms with Crippen LogP contribution >= 0.6 is 0 Å². The molecule has 0 unspecified atom stereocenters. The number of methoxy groups -OCH3 is 1. The highest BCUT2D eigenvalue weighted by Gasteiger charge is 2.62. The topological polar surface area (TPSA) is 75.6 Å². The van der Waals surface area contributed by atoms with E-state index in [9.17, 15) is 32.3 Å². The first-order chi connectivity index (χ1) is 12.1. The number of amides is 1. The number of hydrogen-bond acceptors (Lipinski definition) is 4. The van der Waals surface area contributed by atoms with Crippen molar-refractivity contribution in [1.82, 2.24) is 0 Å². The highest BCUT2D eigenvalue weighted by atomic mass is 19.4. The Kier molecular flexibility index (Phi) is 5.31. The number of halogens is 4. The summed E-state index contributed by atoms with van der Waals surface area (Å²) in [6, 6.07) is 8.59. The highest BCUT2D eigenvalue weighted by molar-refractivity contribution is 6.04. The van der Waals surface area contributed by atoms with Crippen molar-refractivity contribution in [3.63, 3.8) is 0 Å². The highest BCUT2D eigenvalue weighted by Crippen LogP contribution is 2.40. The summed E-state index contributed by atoms with van der Waals surface area (Å²) in [5.74, 6) is -3.20. The van der Waals surface area contributed by atoms with Crippen LogP contribution in [0.5, 0.6) is 0 Å². The van der Waals surface area contributed by atoms with Crippen molar-refractivity contribution >= 4 is 17.6 Å². The van der Waals surface area contributed by atoms with E-state index in [1.807, 2.05) is 0 Å². The van der Waals surface area contributed by atoms with E-state index < -0.39 is 35.0 Å². The van der Waals surface area contributed by atoms with E-state index in [2.05, 4.69) is 10.1 Å². The molecule has 9 heteroatoms. The van der Waals surface area contributed by atoms with Crippen LogP contribution in [0, 0.1) is 5.82 Å². The molecule has 2 N–H and O–H groups in total. The van der Waals surface area contributed by atoms with E-state index in [1.165, 1.54) is 12.1 Å². The molecule has 0 aliphatic carbocycles. The van der Waals surface area contributed by atoms with Gasteiger partial charge >= 0.3 is 12.1 Å². The molecule has 0 bridgehead atoms. The molecule has 0 radical (unpaired) electrons. The Labute approximate surface area is 145 Å². The monoisotopic (exact) mass is 371 g/mol. The van der Waals surface area contributed by atoms with Gasteiger partial charge in [-0.2, -0.15) is 13.2 Å². The van der Waals surface area contributed by atoms with Gasteiger partial charge in [-0.05, 0) is 30.3 Å². The number of esters is 1. The van der Waals surface area contributed by atoms with Gasteiger partial charge in [0.1, 0.15) is 5.82 Å². The Hall–Kier alpha value is -2.94. The maximum Gasteiger partial charge on any atom is 0.432 e. The molecular weight excluding hydrogens is 358 g/mol. The number of nitrogens with one attached hydrogen (secondary N) is 1. The van der Waals surface area contributed by atoms with Gasteiger partial charge in [-0.25, -0.2) is 9.18 Å². The number of benzene rings is 2. The van der Waals surface area contributed by atoms with Crippen molar-refractivity contribution in [3.8, 4) is 0 Å². The maximum absolute atomic E-state index is 13.1. The predicted molar refractivity (Wildman–Crippen MR) is 82.8 cm³/mol. The fourth-order valence-electron chi connectivity index (χ4n) is 2.17. The molecule has 26 heavy (non-hydrogen) atoms. The van der Waals surface area contributed by atoms with E-state index in [0.29, 0.717) is 7.11 Å². The Balaban J connectivity index is 2.27. The van der Waals surface area contributed by atoms with Crippen LogP contribution in [0.2, 0.25) is 0 Å². The van der Waals surface area contributed by atoms with Crippen LogP contribution in [0.1, 0.15) is 15.9 Å². The number of ether oxygens (including phenoxy) is 1. The number of rotatable bonds is 4. The Bertz CT molecular complexity index is 820. The van der Waals surface area contributed by atoms with Crippen LogP contribution in [0.4, 0.5) is 23.2 Å². The summed E-state index contributed by atoms with van der Waals surface area (Å²) >= 11 is 0. The molecule has 2 rings (SSSR count). The zero-order valence-electron chi connectivity index (χ0n) is 13.3. The standard InChI is InChI=1S/C17H13F4NO4/c1-26-15(24)16(25,17(19,20)21)11-5-7-13(8-6-11)22-14(23)10-3-2-4-12(18)9-10/h2-9,25H,1H3,(H,22,23)/t16-/m0/s1. The lowest BCUT2D eigenvalue weighted by atomic mass is 9.93. The SMILES string of the molecule is COC(=O)[C@@](O)(c1ccc(NC(=O)c2cccc(F)c2)cc1)C(F)(F)F. The molecule has 2 aromatic rings. The van der Waals surface area contributed by atoms with Crippen LogP contribution in [-0.2, 0) is 15.1 Å². The molecule has 0 aliphatic heterocycles. The van der Waals surface area contributed by atoms with E-state index in [4.69, 9.17) is 0 Å².